The van der Waals surface area contributed by atoms with E-state index in [1.165, 1.54) is 0 Å². The van der Waals surface area contributed by atoms with Gasteiger partial charge < -0.3 is 10.6 Å². The van der Waals surface area contributed by atoms with Gasteiger partial charge in [-0.05, 0) is 41.3 Å². The molecule has 152 valence electrons. The zero-order valence-corrected chi connectivity index (χ0v) is 17.7. The fraction of sp³-hybridized carbons (Fsp3) is 0.304. The molecule has 2 N–H and O–H groups in total. The summed E-state index contributed by atoms with van der Waals surface area (Å²) >= 11 is 1.61. The first-order chi connectivity index (χ1) is 14.1. The Bertz CT molecular complexity index is 950. The lowest BCUT2D eigenvalue weighted by Gasteiger charge is -2.22. The first-order valence-electron chi connectivity index (χ1n) is 9.85. The van der Waals surface area contributed by atoms with Crippen LogP contribution in [-0.4, -0.2) is 36.3 Å². The average Bonchev–Trinajstić information content (AvgIpc) is 3.25. The van der Waals surface area contributed by atoms with Crippen LogP contribution in [-0.2, 0) is 16.1 Å². The van der Waals surface area contributed by atoms with Crippen LogP contribution in [0.25, 0.3) is 10.8 Å². The van der Waals surface area contributed by atoms with Crippen LogP contribution in [0.3, 0.4) is 0 Å². The SMILES string of the molecule is CCN(CC(=O)NCc1cccs1)CC(=O)N[C@H](C)c1cccc2ccccc12. The van der Waals surface area contributed by atoms with Gasteiger partial charge in [0, 0.05) is 4.88 Å². The zero-order valence-electron chi connectivity index (χ0n) is 16.9. The van der Waals surface area contributed by atoms with Crippen LogP contribution in [0.5, 0.6) is 0 Å². The van der Waals surface area contributed by atoms with Crippen LogP contribution in [0, 0.1) is 0 Å². The molecule has 0 aliphatic rings. The lowest BCUT2D eigenvalue weighted by molar-refractivity contribution is -0.125. The van der Waals surface area contributed by atoms with Crippen molar-refractivity contribution in [2.45, 2.75) is 26.4 Å². The molecular weight excluding hydrogens is 382 g/mol. The summed E-state index contributed by atoms with van der Waals surface area (Å²) in [6, 6.07) is 18.1. The molecule has 5 nitrogen and oxygen atoms in total. The summed E-state index contributed by atoms with van der Waals surface area (Å²) in [5.74, 6) is -0.159. The topological polar surface area (TPSA) is 61.4 Å². The molecule has 0 aliphatic heterocycles. The van der Waals surface area contributed by atoms with E-state index in [2.05, 4.69) is 28.8 Å². The van der Waals surface area contributed by atoms with E-state index in [0.29, 0.717) is 13.1 Å². The second kappa shape index (κ2) is 10.2. The molecule has 6 heteroatoms. The van der Waals surface area contributed by atoms with Crippen molar-refractivity contribution in [2.24, 2.45) is 0 Å². The largest absolute Gasteiger partial charge is 0.350 e. The second-order valence-corrected chi connectivity index (χ2v) is 8.05. The van der Waals surface area contributed by atoms with Crippen LogP contribution >= 0.6 is 11.3 Å². The van der Waals surface area contributed by atoms with Crippen LogP contribution in [0.2, 0.25) is 0 Å². The number of fused-ring (bicyclic) bond motifs is 1. The highest BCUT2D eigenvalue weighted by Gasteiger charge is 2.16. The molecule has 0 unspecified atom stereocenters. The molecule has 0 saturated heterocycles. The van der Waals surface area contributed by atoms with Gasteiger partial charge in [0.15, 0.2) is 0 Å². The number of amides is 2. The van der Waals surface area contributed by atoms with Gasteiger partial charge in [0.2, 0.25) is 11.8 Å². The Morgan fingerprint density at radius 1 is 1.00 bits per heavy atom. The van der Waals surface area contributed by atoms with Crippen LogP contribution in [0.4, 0.5) is 0 Å². The average molecular weight is 410 g/mol. The summed E-state index contributed by atoms with van der Waals surface area (Å²) in [7, 11) is 0. The molecule has 3 rings (SSSR count). The van der Waals surface area contributed by atoms with Gasteiger partial charge in [-0.25, -0.2) is 0 Å². The standard InChI is InChI=1S/C23H27N3O2S/c1-3-26(15-22(27)24-14-19-10-7-13-29-19)16-23(28)25-17(2)20-12-6-9-18-8-4-5-11-21(18)20/h4-13,17H,3,14-16H2,1-2H3,(H,24,27)(H,25,28)/t17-/m1/s1. The molecule has 0 saturated carbocycles. The number of rotatable bonds is 9. The summed E-state index contributed by atoms with van der Waals surface area (Å²) in [6.07, 6.45) is 0. The van der Waals surface area contributed by atoms with Gasteiger partial charge in [0.05, 0.1) is 25.7 Å². The maximum Gasteiger partial charge on any atom is 0.234 e. The van der Waals surface area contributed by atoms with Crippen molar-refractivity contribution in [1.29, 1.82) is 0 Å². The van der Waals surface area contributed by atoms with Gasteiger partial charge in [-0.3, -0.25) is 14.5 Å². The quantitative estimate of drug-likeness (QED) is 0.566. The first-order valence-corrected chi connectivity index (χ1v) is 10.7. The molecular formula is C23H27N3O2S. The normalized spacial score (nSPS) is 12.1. The third-order valence-corrected chi connectivity index (χ3v) is 5.77. The second-order valence-electron chi connectivity index (χ2n) is 7.02. The summed E-state index contributed by atoms with van der Waals surface area (Å²) < 4.78 is 0. The molecule has 2 amide bonds. The van der Waals surface area contributed by atoms with Crippen molar-refractivity contribution in [3.8, 4) is 0 Å². The lowest BCUT2D eigenvalue weighted by Crippen LogP contribution is -2.43. The predicted molar refractivity (Wildman–Crippen MR) is 119 cm³/mol. The van der Waals surface area contributed by atoms with Crippen LogP contribution in [0.15, 0.2) is 60.0 Å². The van der Waals surface area contributed by atoms with Gasteiger partial charge in [-0.2, -0.15) is 0 Å². The third kappa shape index (κ3) is 5.89. The maximum absolute atomic E-state index is 12.6. The van der Waals surface area contributed by atoms with Gasteiger partial charge in [-0.15, -0.1) is 11.3 Å². The fourth-order valence-corrected chi connectivity index (χ4v) is 3.98. The number of thiophene rings is 1. The Labute approximate surface area is 175 Å². The number of hydrogen-bond acceptors (Lipinski definition) is 4. The number of hydrogen-bond donors (Lipinski definition) is 2. The minimum atomic E-state index is -0.111. The van der Waals surface area contributed by atoms with Crippen molar-refractivity contribution in [3.05, 3.63) is 70.4 Å². The molecule has 1 heterocycles. The molecule has 1 aromatic heterocycles. The monoisotopic (exact) mass is 409 g/mol. The van der Waals surface area contributed by atoms with E-state index in [1.807, 2.05) is 60.5 Å². The number of benzene rings is 2. The van der Waals surface area contributed by atoms with Gasteiger partial charge in [0.25, 0.3) is 0 Å². The highest BCUT2D eigenvalue weighted by atomic mass is 32.1. The molecule has 0 aliphatic carbocycles. The lowest BCUT2D eigenvalue weighted by atomic mass is 10.00. The van der Waals surface area contributed by atoms with E-state index in [-0.39, 0.29) is 30.9 Å². The molecule has 1 atom stereocenters. The summed E-state index contributed by atoms with van der Waals surface area (Å²) in [5, 5.41) is 10.3. The Hall–Kier alpha value is -2.70. The van der Waals surface area contributed by atoms with Crippen molar-refractivity contribution in [3.63, 3.8) is 0 Å². The summed E-state index contributed by atoms with van der Waals surface area (Å²) in [5.41, 5.74) is 1.09. The molecule has 0 bridgehead atoms. The molecule has 0 spiro atoms. The molecule has 2 aromatic carbocycles. The Balaban J connectivity index is 1.53. The highest BCUT2D eigenvalue weighted by Crippen LogP contribution is 2.23. The first kappa shape index (κ1) is 21.0. The smallest absolute Gasteiger partial charge is 0.234 e. The highest BCUT2D eigenvalue weighted by molar-refractivity contribution is 7.09. The molecule has 3 aromatic rings. The Kier molecular flexibility index (Phi) is 7.38. The van der Waals surface area contributed by atoms with Crippen LogP contribution in [0.1, 0.15) is 30.3 Å². The minimum absolute atomic E-state index is 0.0739. The van der Waals surface area contributed by atoms with E-state index < -0.39 is 0 Å². The third-order valence-electron chi connectivity index (χ3n) is 4.89. The summed E-state index contributed by atoms with van der Waals surface area (Å²) in [4.78, 5) is 27.7. The van der Waals surface area contributed by atoms with E-state index in [9.17, 15) is 9.59 Å². The predicted octanol–water partition coefficient (Wildman–Crippen LogP) is 3.72. The Morgan fingerprint density at radius 2 is 1.76 bits per heavy atom. The van der Waals surface area contributed by atoms with E-state index in [4.69, 9.17) is 0 Å². The Morgan fingerprint density at radius 3 is 2.52 bits per heavy atom. The van der Waals surface area contributed by atoms with E-state index in [0.717, 1.165) is 21.2 Å². The summed E-state index contributed by atoms with van der Waals surface area (Å²) in [6.45, 7) is 5.49. The maximum atomic E-state index is 12.6. The number of likely N-dealkylation sites (N-methyl/N-ethyl adjacent to an activating group) is 1. The molecule has 29 heavy (non-hydrogen) atoms. The van der Waals surface area contributed by atoms with Gasteiger partial charge >= 0.3 is 0 Å². The van der Waals surface area contributed by atoms with Crippen molar-refractivity contribution >= 4 is 33.9 Å². The number of nitrogens with one attached hydrogen (secondary N) is 2. The number of nitrogens with zero attached hydrogens (tertiary/aromatic N) is 1. The van der Waals surface area contributed by atoms with Crippen molar-refractivity contribution in [2.75, 3.05) is 19.6 Å². The zero-order chi connectivity index (χ0) is 20.6. The van der Waals surface area contributed by atoms with Gasteiger partial charge in [-0.1, -0.05) is 55.5 Å². The van der Waals surface area contributed by atoms with E-state index in [1.54, 1.807) is 11.3 Å². The van der Waals surface area contributed by atoms with Crippen molar-refractivity contribution in [1.82, 2.24) is 15.5 Å². The van der Waals surface area contributed by atoms with E-state index >= 15 is 0 Å². The van der Waals surface area contributed by atoms with Crippen LogP contribution < -0.4 is 10.6 Å². The number of carbonyl (C=O) groups is 2. The number of carbonyl (C=O) groups excluding carboxylic acids is 2. The van der Waals surface area contributed by atoms with Crippen molar-refractivity contribution < 1.29 is 9.59 Å². The minimum Gasteiger partial charge on any atom is -0.350 e. The fourth-order valence-electron chi connectivity index (χ4n) is 3.33. The molecule has 0 fully saturated rings. The molecule has 0 radical (unpaired) electrons. The van der Waals surface area contributed by atoms with Gasteiger partial charge in [0.1, 0.15) is 0 Å².